The zero-order valence-electron chi connectivity index (χ0n) is 25.5. The lowest BCUT2D eigenvalue weighted by atomic mass is 9.84. The molecule has 2 aromatic carbocycles. The Morgan fingerprint density at radius 3 is 1.23 bits per heavy atom. The van der Waals surface area contributed by atoms with Crippen LogP contribution in [0.4, 0.5) is 11.4 Å². The molecule has 0 heterocycles. The minimum absolute atomic E-state index is 0.109. The average Bonchev–Trinajstić information content (AvgIpc) is 3.04. The number of rotatable bonds is 15. The summed E-state index contributed by atoms with van der Waals surface area (Å²) in [7, 11) is 0. The number of benzene rings is 2. The van der Waals surface area contributed by atoms with Gasteiger partial charge in [0.15, 0.2) is 0 Å². The van der Waals surface area contributed by atoms with Crippen LogP contribution in [0.3, 0.4) is 0 Å². The van der Waals surface area contributed by atoms with Crippen molar-refractivity contribution >= 4 is 35.1 Å². The first-order valence-corrected chi connectivity index (χ1v) is 16.0. The van der Waals surface area contributed by atoms with E-state index in [1.165, 1.54) is 75.3 Å². The van der Waals surface area contributed by atoms with E-state index in [4.69, 9.17) is 0 Å². The minimum Gasteiger partial charge on any atom is -0.480 e. The van der Waals surface area contributed by atoms with E-state index in [9.17, 15) is 29.4 Å². The Bertz CT molecular complexity index is 1140. The Kier molecular flexibility index (Phi) is 12.4. The van der Waals surface area contributed by atoms with Crippen molar-refractivity contribution in [1.29, 1.82) is 0 Å². The molecule has 2 aliphatic carbocycles. The van der Waals surface area contributed by atoms with Gasteiger partial charge < -0.3 is 30.6 Å². The van der Waals surface area contributed by atoms with Gasteiger partial charge in [-0.25, -0.2) is 0 Å². The molecule has 4 N–H and O–H groups in total. The van der Waals surface area contributed by atoms with Gasteiger partial charge in [0, 0.05) is 24.5 Å². The normalized spacial score (nSPS) is 15.7. The van der Waals surface area contributed by atoms with Crippen molar-refractivity contribution < 1.29 is 29.4 Å². The van der Waals surface area contributed by atoms with E-state index < -0.39 is 36.8 Å². The predicted molar refractivity (Wildman–Crippen MR) is 170 cm³/mol. The van der Waals surface area contributed by atoms with Crippen molar-refractivity contribution in [3.8, 4) is 0 Å². The van der Waals surface area contributed by atoms with Crippen LogP contribution in [-0.2, 0) is 19.2 Å². The molecule has 2 fully saturated rings. The number of carboxylic acids is 2. The van der Waals surface area contributed by atoms with Gasteiger partial charge in [0.2, 0.25) is 11.8 Å². The Labute approximate surface area is 259 Å². The molecule has 2 aromatic rings. The first-order valence-electron chi connectivity index (χ1n) is 16.0. The van der Waals surface area contributed by atoms with Gasteiger partial charge in [0.25, 0.3) is 0 Å². The average molecular weight is 607 g/mol. The molecular weight excluding hydrogens is 560 g/mol. The number of aliphatic carboxylic acids is 2. The monoisotopic (exact) mass is 606 g/mol. The zero-order chi connectivity index (χ0) is 31.3. The molecule has 10 nitrogen and oxygen atoms in total. The van der Waals surface area contributed by atoms with E-state index >= 15 is 0 Å². The highest BCUT2D eigenvalue weighted by atomic mass is 16.4. The molecule has 44 heavy (non-hydrogen) atoms. The Morgan fingerprint density at radius 1 is 0.568 bits per heavy atom. The fourth-order valence-electron chi connectivity index (χ4n) is 6.35. The molecule has 0 unspecified atom stereocenters. The van der Waals surface area contributed by atoms with Crippen LogP contribution < -0.4 is 10.6 Å². The Morgan fingerprint density at radius 2 is 0.909 bits per heavy atom. The standard InChI is InChI=1S/C34H46N4O6/c39-31(21-35-29-15-11-27(12-16-29)25-7-3-1-4-8-25)37(23-33(41)42)19-20-38(24-34(43)44)32(40)22-36-30-17-13-28(14-18-30)26-9-5-2-6-10-26/h11-18,25-26,35-36H,1-10,19-24H2,(H,41,42)(H,43,44). The second kappa shape index (κ2) is 16.7. The van der Waals surface area contributed by atoms with Gasteiger partial charge in [0.05, 0.1) is 13.1 Å². The number of carbonyl (C=O) groups is 4. The molecule has 2 amide bonds. The Balaban J connectivity index is 1.28. The van der Waals surface area contributed by atoms with E-state index in [2.05, 4.69) is 34.9 Å². The molecule has 238 valence electrons. The third-order valence-electron chi connectivity index (χ3n) is 8.86. The van der Waals surface area contributed by atoms with Gasteiger partial charge in [-0.3, -0.25) is 19.2 Å². The van der Waals surface area contributed by atoms with Gasteiger partial charge in [-0.2, -0.15) is 0 Å². The molecule has 0 bridgehead atoms. The smallest absolute Gasteiger partial charge is 0.323 e. The number of hydrogen-bond acceptors (Lipinski definition) is 6. The lowest BCUT2D eigenvalue weighted by molar-refractivity contribution is -0.146. The number of carboxylic acid groups (broad SMARTS) is 2. The van der Waals surface area contributed by atoms with Crippen molar-refractivity contribution in [3.05, 3.63) is 59.7 Å². The molecule has 10 heteroatoms. The summed E-state index contributed by atoms with van der Waals surface area (Å²) in [6.07, 6.45) is 12.4. The zero-order valence-corrected chi connectivity index (χ0v) is 25.5. The number of nitrogens with zero attached hydrogens (tertiary/aromatic N) is 2. The predicted octanol–water partition coefficient (Wildman–Crippen LogP) is 5.13. The molecule has 2 aliphatic rings. The third-order valence-corrected chi connectivity index (χ3v) is 8.86. The van der Waals surface area contributed by atoms with E-state index in [0.29, 0.717) is 11.8 Å². The topological polar surface area (TPSA) is 139 Å². The van der Waals surface area contributed by atoms with Crippen LogP contribution in [-0.4, -0.2) is 83.0 Å². The van der Waals surface area contributed by atoms with Crippen LogP contribution in [0, 0.1) is 0 Å². The third kappa shape index (κ3) is 10.3. The molecule has 0 aromatic heterocycles. The summed E-state index contributed by atoms with van der Waals surface area (Å²) in [5.74, 6) is -2.15. The summed E-state index contributed by atoms with van der Waals surface area (Å²) in [4.78, 5) is 51.3. The van der Waals surface area contributed by atoms with Crippen LogP contribution in [0.5, 0.6) is 0 Å². The van der Waals surface area contributed by atoms with Gasteiger partial charge in [-0.15, -0.1) is 0 Å². The number of anilines is 2. The SMILES string of the molecule is O=C(O)CN(CCN(CC(=O)O)C(=O)CNc1ccc(C2CCCCC2)cc1)C(=O)CNc1ccc(C2CCCCC2)cc1. The van der Waals surface area contributed by atoms with Crippen molar-refractivity contribution in [3.63, 3.8) is 0 Å². The van der Waals surface area contributed by atoms with Gasteiger partial charge in [-0.1, -0.05) is 62.8 Å². The summed E-state index contributed by atoms with van der Waals surface area (Å²) in [5, 5.41) is 24.9. The molecule has 0 atom stereocenters. The second-order valence-electron chi connectivity index (χ2n) is 12.0. The van der Waals surface area contributed by atoms with E-state index in [1.54, 1.807) is 0 Å². The first kappa shape index (κ1) is 32.8. The molecule has 2 saturated carbocycles. The van der Waals surface area contributed by atoms with E-state index in [-0.39, 0.29) is 26.2 Å². The van der Waals surface area contributed by atoms with Gasteiger partial charge in [0.1, 0.15) is 13.1 Å². The summed E-state index contributed by atoms with van der Waals surface area (Å²) in [6.45, 7) is -1.57. The maximum absolute atomic E-state index is 13.0. The highest BCUT2D eigenvalue weighted by Crippen LogP contribution is 2.34. The fraction of sp³-hybridized carbons (Fsp3) is 0.529. The lowest BCUT2D eigenvalue weighted by Gasteiger charge is -2.27. The van der Waals surface area contributed by atoms with Crippen molar-refractivity contribution in [2.45, 2.75) is 76.0 Å². The second-order valence-corrected chi connectivity index (χ2v) is 12.0. The number of amides is 2. The van der Waals surface area contributed by atoms with Crippen LogP contribution in [0.2, 0.25) is 0 Å². The van der Waals surface area contributed by atoms with Gasteiger partial charge in [-0.05, 0) is 72.9 Å². The minimum atomic E-state index is -1.19. The summed E-state index contributed by atoms with van der Waals surface area (Å²) >= 11 is 0. The molecule has 4 rings (SSSR count). The van der Waals surface area contributed by atoms with Crippen LogP contribution >= 0.6 is 0 Å². The summed E-state index contributed by atoms with van der Waals surface area (Å²) in [5.41, 5.74) is 4.11. The molecule has 0 aliphatic heterocycles. The highest BCUT2D eigenvalue weighted by molar-refractivity contribution is 5.86. The molecule has 0 radical (unpaired) electrons. The van der Waals surface area contributed by atoms with Crippen molar-refractivity contribution in [1.82, 2.24) is 9.80 Å². The van der Waals surface area contributed by atoms with E-state index in [0.717, 1.165) is 21.2 Å². The van der Waals surface area contributed by atoms with Crippen molar-refractivity contribution in [2.75, 3.05) is 49.9 Å². The molecule has 0 spiro atoms. The quantitative estimate of drug-likeness (QED) is 0.219. The van der Waals surface area contributed by atoms with Crippen LogP contribution in [0.25, 0.3) is 0 Å². The lowest BCUT2D eigenvalue weighted by Crippen LogP contribution is -2.47. The highest BCUT2D eigenvalue weighted by Gasteiger charge is 2.22. The summed E-state index contributed by atoms with van der Waals surface area (Å²) < 4.78 is 0. The maximum Gasteiger partial charge on any atom is 0.323 e. The first-order chi connectivity index (χ1) is 21.3. The van der Waals surface area contributed by atoms with Gasteiger partial charge >= 0.3 is 11.9 Å². The van der Waals surface area contributed by atoms with E-state index in [1.807, 2.05) is 24.3 Å². The number of carbonyl (C=O) groups excluding carboxylic acids is 2. The maximum atomic E-state index is 13.0. The Hall–Kier alpha value is -4.08. The molecular formula is C34H46N4O6. The molecule has 0 saturated heterocycles. The number of hydrogen-bond donors (Lipinski definition) is 4. The fourth-order valence-corrected chi connectivity index (χ4v) is 6.35. The summed E-state index contributed by atoms with van der Waals surface area (Å²) in [6, 6.07) is 16.0. The number of nitrogens with one attached hydrogen (secondary N) is 2. The largest absolute Gasteiger partial charge is 0.480 e. The van der Waals surface area contributed by atoms with Crippen molar-refractivity contribution in [2.24, 2.45) is 0 Å². The van der Waals surface area contributed by atoms with Crippen LogP contribution in [0.1, 0.15) is 87.2 Å². The van der Waals surface area contributed by atoms with Crippen LogP contribution in [0.15, 0.2) is 48.5 Å².